The molecule has 22 rings (SSSR count). The van der Waals surface area contributed by atoms with Crippen molar-refractivity contribution < 1.29 is 0 Å². The van der Waals surface area contributed by atoms with E-state index in [2.05, 4.69) is 48.5 Å². The van der Waals surface area contributed by atoms with Crippen LogP contribution in [0.25, 0.3) is 22.3 Å². The Kier molecular flexibility index (Phi) is 6.12. The third-order valence-electron chi connectivity index (χ3n) is 23.2. The smallest absolute Gasteiger partial charge is 0.0575 e. The van der Waals surface area contributed by atoms with Gasteiger partial charge in [0.1, 0.15) is 0 Å². The molecule has 1 spiro atoms. The van der Waals surface area contributed by atoms with Crippen molar-refractivity contribution in [2.45, 2.75) is 176 Å². The van der Waals surface area contributed by atoms with Gasteiger partial charge in [0.05, 0.1) is 0 Å². The van der Waals surface area contributed by atoms with Crippen LogP contribution in [0.5, 0.6) is 0 Å². The monoisotopic (exact) mass is 812 g/mol. The van der Waals surface area contributed by atoms with Crippen LogP contribution < -0.4 is 20.7 Å². The molecule has 0 radical (unpaired) electrons. The zero-order valence-electron chi connectivity index (χ0n) is 36.5. The summed E-state index contributed by atoms with van der Waals surface area (Å²) in [5.41, 5.74) is 21.8. The van der Waals surface area contributed by atoms with E-state index in [4.69, 9.17) is 0 Å². The molecule has 8 fully saturated rings. The van der Waals surface area contributed by atoms with E-state index in [0.29, 0.717) is 0 Å². The predicted molar refractivity (Wildman–Crippen MR) is 250 cm³/mol. The molecule has 4 aromatic carbocycles. The minimum atomic E-state index is -2.65. The largest absolute Gasteiger partial charge is 0.182 e. The third-order valence-corrected chi connectivity index (χ3v) is 28.0. The summed E-state index contributed by atoms with van der Waals surface area (Å²) in [6.45, 7) is 0. The molecule has 0 nitrogen and oxygen atoms in total. The second-order valence-electron chi connectivity index (χ2n) is 26.1. The van der Waals surface area contributed by atoms with E-state index < -0.39 is 8.07 Å². The molecule has 2 heterocycles. The molecule has 0 aromatic heterocycles. The Labute approximate surface area is 365 Å². The molecule has 308 valence electrons. The van der Waals surface area contributed by atoms with Gasteiger partial charge < -0.3 is 0 Å². The lowest BCUT2D eigenvalue weighted by molar-refractivity contribution is 0.165. The van der Waals surface area contributed by atoms with Gasteiger partial charge in [0, 0.05) is 0 Å². The van der Waals surface area contributed by atoms with Gasteiger partial charge in [0.15, 0.2) is 8.07 Å². The molecule has 2 aliphatic heterocycles. The van der Waals surface area contributed by atoms with Gasteiger partial charge in [-0.1, -0.05) is 48.5 Å². The van der Waals surface area contributed by atoms with Crippen LogP contribution in [0.2, 0.25) is 0 Å². The minimum absolute atomic E-state index is 0.797. The Bertz CT molecular complexity index is 2290. The normalized spacial score (nSPS) is 45.1. The van der Waals surface area contributed by atoms with Crippen molar-refractivity contribution in [2.75, 3.05) is 0 Å². The average Bonchev–Trinajstić information content (AvgIpc) is 3.30. The van der Waals surface area contributed by atoms with Gasteiger partial charge in [0.25, 0.3) is 0 Å². The summed E-state index contributed by atoms with van der Waals surface area (Å²) >= 11 is 0. The molecule has 1 heteroatoms. The fourth-order valence-electron chi connectivity index (χ4n) is 21.8. The molecule has 0 N–H and O–H groups in total. The first-order chi connectivity index (χ1) is 30.0. The Morgan fingerprint density at radius 1 is 0.213 bits per heavy atom. The van der Waals surface area contributed by atoms with Crippen LogP contribution in [0.1, 0.15) is 220 Å². The van der Waals surface area contributed by atoms with E-state index in [-0.39, 0.29) is 0 Å². The van der Waals surface area contributed by atoms with Crippen molar-refractivity contribution in [3.8, 4) is 22.3 Å². The number of hydrogen-bond acceptors (Lipinski definition) is 0. The van der Waals surface area contributed by atoms with Gasteiger partial charge in [-0.25, -0.2) is 0 Å². The van der Waals surface area contributed by atoms with E-state index in [1.807, 2.05) is 65.3 Å². The highest BCUT2D eigenvalue weighted by Gasteiger charge is 2.58. The zero-order valence-corrected chi connectivity index (χ0v) is 37.5. The molecule has 18 aliphatic rings. The molecule has 0 saturated heterocycles. The maximum atomic E-state index is 3.06. The quantitative estimate of drug-likeness (QED) is 0.134. The van der Waals surface area contributed by atoms with Crippen molar-refractivity contribution in [1.29, 1.82) is 0 Å². The molecule has 4 aromatic rings. The standard InChI is InChI=1S/C60H64Si/c1-29-5-37-6-30(1)14-41(13-29)49-25-57-53(21-45(37)49)54-22-46-38-7-31-2-32(8-38)16-42(15-31)50(46)26-58(54)61(57)59-27-51-43-17-33-3-34(18-43)10-39(9-33)47(51)23-55(59)56-24-48-40-11-35-4-36(12-40)20-44(19-35)52(48)28-60(56)61/h21-44H,1-20H2. The first-order valence-corrected chi connectivity index (χ1v) is 28.8. The van der Waals surface area contributed by atoms with Gasteiger partial charge in [-0.2, -0.15) is 0 Å². The Balaban J connectivity index is 0.971. The lowest BCUT2D eigenvalue weighted by Gasteiger charge is -2.38. The number of benzene rings is 4. The number of rotatable bonds is 0. The Hall–Kier alpha value is -2.90. The van der Waals surface area contributed by atoms with Crippen LogP contribution in [0.15, 0.2) is 48.5 Å². The van der Waals surface area contributed by atoms with Crippen LogP contribution in [0, 0.1) is 47.3 Å². The summed E-state index contributed by atoms with van der Waals surface area (Å²) in [6.07, 6.45) is 29.8. The number of fused-ring (bicyclic) bond motifs is 10. The predicted octanol–water partition coefficient (Wildman–Crippen LogP) is 12.6. The van der Waals surface area contributed by atoms with E-state index in [0.717, 1.165) is 94.7 Å². The fraction of sp³-hybridized carbons (Fsp3) is 0.600. The Morgan fingerprint density at radius 3 is 0.557 bits per heavy atom. The summed E-state index contributed by atoms with van der Waals surface area (Å²) in [6, 6.07) is 24.1. The van der Waals surface area contributed by atoms with E-state index in [1.165, 1.54) is 128 Å². The fourth-order valence-corrected chi connectivity index (χ4v) is 27.5. The second kappa shape index (κ2) is 11.1. The summed E-state index contributed by atoms with van der Waals surface area (Å²) < 4.78 is 0. The van der Waals surface area contributed by atoms with Crippen molar-refractivity contribution in [3.05, 3.63) is 93.0 Å². The molecule has 8 saturated carbocycles. The maximum absolute atomic E-state index is 3.06. The molecular formula is C60H64Si. The molecule has 8 unspecified atom stereocenters. The zero-order chi connectivity index (χ0) is 38.8. The van der Waals surface area contributed by atoms with Crippen molar-refractivity contribution in [1.82, 2.24) is 0 Å². The molecule has 0 amide bonds. The van der Waals surface area contributed by atoms with E-state index >= 15 is 0 Å². The van der Waals surface area contributed by atoms with E-state index in [1.54, 1.807) is 22.3 Å². The van der Waals surface area contributed by atoms with Crippen LogP contribution in [-0.2, 0) is 0 Å². The van der Waals surface area contributed by atoms with Gasteiger partial charge in [-0.05, 0) is 311 Å². The summed E-state index contributed by atoms with van der Waals surface area (Å²) in [5.74, 6) is 14.2. The first-order valence-electron chi connectivity index (χ1n) is 26.8. The maximum Gasteiger partial charge on any atom is 0.182 e. The molecule has 16 bridgehead atoms. The van der Waals surface area contributed by atoms with Crippen LogP contribution in [-0.4, -0.2) is 8.07 Å². The topological polar surface area (TPSA) is 0 Å². The summed E-state index contributed by atoms with van der Waals surface area (Å²) in [4.78, 5) is 0. The summed E-state index contributed by atoms with van der Waals surface area (Å²) in [5, 5.41) is 7.53. The van der Waals surface area contributed by atoms with Gasteiger partial charge >= 0.3 is 0 Å². The van der Waals surface area contributed by atoms with Crippen molar-refractivity contribution in [2.24, 2.45) is 47.3 Å². The van der Waals surface area contributed by atoms with Crippen molar-refractivity contribution >= 4 is 28.8 Å². The van der Waals surface area contributed by atoms with Gasteiger partial charge in [-0.15, -0.1) is 0 Å². The first kappa shape index (κ1) is 33.6. The highest BCUT2D eigenvalue weighted by molar-refractivity contribution is 7.24. The third kappa shape index (κ3) is 4.12. The lowest BCUT2D eigenvalue weighted by atomic mass is 9.67. The van der Waals surface area contributed by atoms with Crippen LogP contribution in [0.3, 0.4) is 0 Å². The molecular weight excluding hydrogens is 749 g/mol. The summed E-state index contributed by atoms with van der Waals surface area (Å²) in [7, 11) is -2.65. The SMILES string of the molecule is c1c2c(cc3c1C1CC4CC(C1)CC3C4)[Si]1(c3cc4c(cc3-2)C2CC3CC(C2)CC4C3)c2cc3c(cc2-c2cc4c(cc21)C1CC2CC(CC4C2)C1)C1CC2CC(C1)CC3C2. The van der Waals surface area contributed by atoms with Gasteiger partial charge in [-0.3, -0.25) is 0 Å². The van der Waals surface area contributed by atoms with Crippen LogP contribution >= 0.6 is 0 Å². The van der Waals surface area contributed by atoms with E-state index in [9.17, 15) is 0 Å². The molecule has 16 aliphatic carbocycles. The second-order valence-corrected chi connectivity index (χ2v) is 29.7. The highest BCUT2D eigenvalue weighted by Crippen LogP contribution is 2.62. The average molecular weight is 813 g/mol. The highest BCUT2D eigenvalue weighted by atomic mass is 28.3. The molecule has 61 heavy (non-hydrogen) atoms. The van der Waals surface area contributed by atoms with Crippen LogP contribution in [0.4, 0.5) is 0 Å². The minimum Gasteiger partial charge on any atom is -0.0575 e. The molecule has 8 atom stereocenters. The van der Waals surface area contributed by atoms with Gasteiger partial charge in [0.2, 0.25) is 0 Å². The van der Waals surface area contributed by atoms with Crippen molar-refractivity contribution in [3.63, 3.8) is 0 Å². The number of hydrogen-bond donors (Lipinski definition) is 0. The lowest BCUT2D eigenvalue weighted by Crippen LogP contribution is -2.71. The Morgan fingerprint density at radius 2 is 0.377 bits per heavy atom.